The molecule has 0 amide bonds. The van der Waals surface area contributed by atoms with Crippen LogP contribution < -0.4 is 5.32 Å². The fourth-order valence-corrected chi connectivity index (χ4v) is 5.04. The summed E-state index contributed by atoms with van der Waals surface area (Å²) >= 11 is 0. The quantitative estimate of drug-likeness (QED) is 0.629. The number of benzene rings is 2. The zero-order chi connectivity index (χ0) is 22.8. The van der Waals surface area contributed by atoms with Crippen LogP contribution in [-0.2, 0) is 11.3 Å². The molecule has 0 radical (unpaired) electrons. The number of nitrogens with one attached hydrogen (secondary N) is 1. The van der Waals surface area contributed by atoms with Crippen molar-refractivity contribution in [2.24, 2.45) is 15.9 Å². The number of carboxylic acid groups (broad SMARTS) is 1. The minimum atomic E-state index is -0.700. The van der Waals surface area contributed by atoms with E-state index < -0.39 is 5.97 Å². The molecule has 2 aliphatic carbocycles. The maximum absolute atomic E-state index is 11.5. The molecule has 3 aliphatic rings. The SMILES string of the molecule is CCN(Cc1ccccc1)C1N=C(Nc2cccc(C3CCC3C(=O)O)c2)N=C2CCC=C21. The van der Waals surface area contributed by atoms with Crippen LogP contribution in [0.3, 0.4) is 0 Å². The predicted molar refractivity (Wildman–Crippen MR) is 132 cm³/mol. The number of likely N-dealkylation sites (N-methyl/N-ethyl adjacent to an activating group) is 1. The Hall–Kier alpha value is -3.25. The molecule has 0 saturated heterocycles. The van der Waals surface area contributed by atoms with Crippen molar-refractivity contribution < 1.29 is 9.90 Å². The van der Waals surface area contributed by atoms with Gasteiger partial charge in [-0.3, -0.25) is 9.69 Å². The van der Waals surface area contributed by atoms with Crippen LogP contribution in [0.15, 0.2) is 76.2 Å². The number of fused-ring (bicyclic) bond motifs is 1. The number of carbonyl (C=O) groups is 1. The lowest BCUT2D eigenvalue weighted by Crippen LogP contribution is -2.39. The highest BCUT2D eigenvalue weighted by atomic mass is 16.4. The zero-order valence-corrected chi connectivity index (χ0v) is 18.9. The first-order chi connectivity index (χ1) is 16.1. The maximum atomic E-state index is 11.5. The second-order valence-electron chi connectivity index (χ2n) is 9.01. The summed E-state index contributed by atoms with van der Waals surface area (Å²) in [6.07, 6.45) is 5.84. The van der Waals surface area contributed by atoms with E-state index in [1.165, 1.54) is 11.1 Å². The largest absolute Gasteiger partial charge is 0.481 e. The van der Waals surface area contributed by atoms with Crippen molar-refractivity contribution in [3.05, 3.63) is 77.4 Å². The molecule has 3 unspecified atom stereocenters. The monoisotopic (exact) mass is 442 g/mol. The van der Waals surface area contributed by atoms with Crippen LogP contribution in [0.5, 0.6) is 0 Å². The Kier molecular flexibility index (Phi) is 6.09. The average Bonchev–Trinajstić information content (AvgIpc) is 3.25. The molecule has 1 saturated carbocycles. The molecule has 1 aliphatic heterocycles. The summed E-state index contributed by atoms with van der Waals surface area (Å²) in [6.45, 7) is 3.89. The molecule has 0 spiro atoms. The standard InChI is InChI=1S/C27H30N4O2/c1-2-31(17-18-8-4-3-5-9-18)25-23-12-7-13-24(23)29-27(30-25)28-20-11-6-10-19(16-20)21-14-15-22(21)26(32)33/h3-6,8-12,16,21-22,25H,2,7,13-15,17H2,1H3,(H,28,30)(H,32,33). The Labute approximate surface area is 194 Å². The lowest BCUT2D eigenvalue weighted by molar-refractivity contribution is -0.145. The van der Waals surface area contributed by atoms with Crippen molar-refractivity contribution in [1.29, 1.82) is 0 Å². The van der Waals surface area contributed by atoms with E-state index in [9.17, 15) is 9.90 Å². The number of rotatable bonds is 7. The summed E-state index contributed by atoms with van der Waals surface area (Å²) in [5, 5.41) is 12.8. The van der Waals surface area contributed by atoms with Crippen LogP contribution in [0.4, 0.5) is 5.69 Å². The normalized spacial score (nSPS) is 23.8. The second-order valence-corrected chi connectivity index (χ2v) is 9.01. The van der Waals surface area contributed by atoms with Crippen molar-refractivity contribution >= 4 is 23.3 Å². The van der Waals surface area contributed by atoms with E-state index in [0.29, 0.717) is 5.96 Å². The predicted octanol–water partition coefficient (Wildman–Crippen LogP) is 5.06. The van der Waals surface area contributed by atoms with Crippen molar-refractivity contribution in [2.45, 2.75) is 51.2 Å². The van der Waals surface area contributed by atoms with Crippen molar-refractivity contribution in [1.82, 2.24) is 4.90 Å². The Balaban J connectivity index is 1.38. The zero-order valence-electron chi connectivity index (χ0n) is 18.9. The van der Waals surface area contributed by atoms with Crippen LogP contribution in [0.2, 0.25) is 0 Å². The minimum Gasteiger partial charge on any atom is -0.481 e. The second kappa shape index (κ2) is 9.32. The topological polar surface area (TPSA) is 77.3 Å². The molecule has 1 fully saturated rings. The number of hydrogen-bond acceptors (Lipinski definition) is 5. The van der Waals surface area contributed by atoms with Gasteiger partial charge in [0.05, 0.1) is 11.6 Å². The number of carboxylic acids is 1. The first-order valence-electron chi connectivity index (χ1n) is 11.9. The van der Waals surface area contributed by atoms with Gasteiger partial charge in [0, 0.05) is 17.8 Å². The lowest BCUT2D eigenvalue weighted by atomic mass is 9.70. The average molecular weight is 443 g/mol. The Morgan fingerprint density at radius 1 is 1.15 bits per heavy atom. The van der Waals surface area contributed by atoms with Gasteiger partial charge in [-0.2, -0.15) is 0 Å². The number of aliphatic imine (C=N–C) groups is 2. The summed E-state index contributed by atoms with van der Waals surface area (Å²) in [6, 6.07) is 18.6. The van der Waals surface area contributed by atoms with Crippen LogP contribution in [0.25, 0.3) is 0 Å². The lowest BCUT2D eigenvalue weighted by Gasteiger charge is -2.34. The summed E-state index contributed by atoms with van der Waals surface area (Å²) < 4.78 is 0. The Bertz CT molecular complexity index is 1120. The smallest absolute Gasteiger partial charge is 0.307 e. The van der Waals surface area contributed by atoms with Gasteiger partial charge >= 0.3 is 5.97 Å². The molecule has 33 heavy (non-hydrogen) atoms. The number of aliphatic carboxylic acids is 1. The first-order valence-corrected chi connectivity index (χ1v) is 11.9. The van der Waals surface area contributed by atoms with Gasteiger partial charge in [-0.1, -0.05) is 55.5 Å². The number of hydrogen-bond donors (Lipinski definition) is 2. The highest BCUT2D eigenvalue weighted by Crippen LogP contribution is 2.43. The van der Waals surface area contributed by atoms with Crippen LogP contribution in [0, 0.1) is 5.92 Å². The summed E-state index contributed by atoms with van der Waals surface area (Å²) in [5.41, 5.74) is 5.59. The fraction of sp³-hybridized carbons (Fsp3) is 0.370. The fourth-order valence-electron chi connectivity index (χ4n) is 5.04. The number of anilines is 1. The third kappa shape index (κ3) is 4.48. The summed E-state index contributed by atoms with van der Waals surface area (Å²) in [5.74, 6) is -0.267. The van der Waals surface area contributed by atoms with Gasteiger partial charge in [-0.05, 0) is 61.4 Å². The summed E-state index contributed by atoms with van der Waals surface area (Å²) in [4.78, 5) is 23.7. The van der Waals surface area contributed by atoms with Crippen molar-refractivity contribution in [2.75, 3.05) is 11.9 Å². The highest BCUT2D eigenvalue weighted by Gasteiger charge is 2.37. The van der Waals surface area contributed by atoms with E-state index in [1.807, 2.05) is 24.3 Å². The molecule has 170 valence electrons. The third-order valence-electron chi connectivity index (χ3n) is 6.99. The molecule has 0 bridgehead atoms. The molecule has 6 nitrogen and oxygen atoms in total. The first kappa shape index (κ1) is 21.6. The van der Waals surface area contributed by atoms with Crippen molar-refractivity contribution in [3.63, 3.8) is 0 Å². The molecule has 5 rings (SSSR count). The molecule has 6 heteroatoms. The van der Waals surface area contributed by atoms with Crippen LogP contribution in [0.1, 0.15) is 49.7 Å². The molecule has 0 aromatic heterocycles. The van der Waals surface area contributed by atoms with Gasteiger partial charge < -0.3 is 10.4 Å². The van der Waals surface area contributed by atoms with Gasteiger partial charge in [0.2, 0.25) is 5.96 Å². The van der Waals surface area contributed by atoms with Gasteiger partial charge in [0.1, 0.15) is 6.17 Å². The molecular weight excluding hydrogens is 412 g/mol. The number of guanidine groups is 1. The van der Waals surface area contributed by atoms with Gasteiger partial charge in [0.15, 0.2) is 0 Å². The molecule has 1 heterocycles. The summed E-state index contributed by atoms with van der Waals surface area (Å²) in [7, 11) is 0. The minimum absolute atomic E-state index is 0.0566. The molecular formula is C27H30N4O2. The third-order valence-corrected chi connectivity index (χ3v) is 6.99. The van der Waals surface area contributed by atoms with E-state index >= 15 is 0 Å². The van der Waals surface area contributed by atoms with Gasteiger partial charge in [-0.25, -0.2) is 9.98 Å². The molecule has 2 aromatic carbocycles. The molecule has 3 atom stereocenters. The van der Waals surface area contributed by atoms with E-state index in [4.69, 9.17) is 9.98 Å². The maximum Gasteiger partial charge on any atom is 0.307 e. The number of nitrogens with zero attached hydrogens (tertiary/aromatic N) is 3. The van der Waals surface area contributed by atoms with E-state index in [0.717, 1.165) is 55.7 Å². The molecule has 2 N–H and O–H groups in total. The highest BCUT2D eigenvalue weighted by molar-refractivity contribution is 6.13. The van der Waals surface area contributed by atoms with Gasteiger partial charge in [0.25, 0.3) is 0 Å². The van der Waals surface area contributed by atoms with E-state index in [-0.39, 0.29) is 18.0 Å². The van der Waals surface area contributed by atoms with Gasteiger partial charge in [-0.15, -0.1) is 0 Å². The molecule has 2 aromatic rings. The van der Waals surface area contributed by atoms with Crippen molar-refractivity contribution in [3.8, 4) is 0 Å². The van der Waals surface area contributed by atoms with Crippen LogP contribution >= 0.6 is 0 Å². The Morgan fingerprint density at radius 2 is 2.00 bits per heavy atom. The van der Waals surface area contributed by atoms with Crippen LogP contribution in [-0.4, -0.2) is 40.4 Å². The van der Waals surface area contributed by atoms with E-state index in [1.54, 1.807) is 0 Å². The van der Waals surface area contributed by atoms with E-state index in [2.05, 4.69) is 53.5 Å². The Morgan fingerprint density at radius 3 is 2.73 bits per heavy atom. The number of allylic oxidation sites excluding steroid dienone is 1.